The van der Waals surface area contributed by atoms with E-state index in [0.29, 0.717) is 10.8 Å². The highest BCUT2D eigenvalue weighted by Crippen LogP contribution is 2.11. The van der Waals surface area contributed by atoms with Crippen LogP contribution in [0.5, 0.6) is 0 Å². The quantitative estimate of drug-likeness (QED) is 0.663. The van der Waals surface area contributed by atoms with Crippen molar-refractivity contribution in [3.63, 3.8) is 0 Å². The Morgan fingerprint density at radius 1 is 1.24 bits per heavy atom. The fourth-order valence-electron chi connectivity index (χ4n) is 1.35. The first-order valence-corrected chi connectivity index (χ1v) is 5.61. The minimum absolute atomic E-state index is 0.704. The van der Waals surface area contributed by atoms with Crippen LogP contribution in [0.25, 0.3) is 0 Å². The van der Waals surface area contributed by atoms with E-state index in [0.717, 1.165) is 11.3 Å². The molecule has 0 aliphatic rings. The second-order valence-electron chi connectivity index (χ2n) is 3.53. The van der Waals surface area contributed by atoms with Crippen LogP contribution in [0.3, 0.4) is 0 Å². The molecule has 0 amide bonds. The molecular weight excluding hydrogens is 234 g/mol. The van der Waals surface area contributed by atoms with Gasteiger partial charge in [0, 0.05) is 11.2 Å². The summed E-state index contributed by atoms with van der Waals surface area (Å²) in [5, 5.41) is 4.95. The van der Waals surface area contributed by atoms with Crippen LogP contribution in [-0.4, -0.2) is 10.7 Å². The zero-order valence-electron chi connectivity index (χ0n) is 9.39. The number of hydrazone groups is 1. The lowest BCUT2D eigenvalue weighted by atomic mass is 10.1. The van der Waals surface area contributed by atoms with E-state index in [9.17, 15) is 0 Å². The number of pyridine rings is 1. The van der Waals surface area contributed by atoms with E-state index >= 15 is 0 Å². The summed E-state index contributed by atoms with van der Waals surface area (Å²) in [6.07, 6.45) is 1.71. The summed E-state index contributed by atoms with van der Waals surface area (Å²) in [6.45, 7) is 1.92. The number of rotatable bonds is 3. The van der Waals surface area contributed by atoms with Gasteiger partial charge in [-0.1, -0.05) is 29.8 Å². The SMILES string of the molecule is C/C(=N\Nc1ccccn1)c1cccc(Cl)c1. The highest BCUT2D eigenvalue weighted by atomic mass is 35.5. The molecule has 0 aliphatic heterocycles. The lowest BCUT2D eigenvalue weighted by Crippen LogP contribution is -2.00. The smallest absolute Gasteiger partial charge is 0.146 e. The molecule has 0 fully saturated rings. The molecule has 0 saturated heterocycles. The predicted octanol–water partition coefficient (Wildman–Crippen LogP) is 3.57. The number of nitrogens with one attached hydrogen (secondary N) is 1. The molecule has 1 aromatic carbocycles. The van der Waals surface area contributed by atoms with Crippen LogP contribution in [0.4, 0.5) is 5.82 Å². The number of benzene rings is 1. The van der Waals surface area contributed by atoms with E-state index in [-0.39, 0.29) is 0 Å². The van der Waals surface area contributed by atoms with Gasteiger partial charge in [-0.25, -0.2) is 4.98 Å². The highest BCUT2D eigenvalue weighted by molar-refractivity contribution is 6.31. The highest BCUT2D eigenvalue weighted by Gasteiger charge is 1.98. The minimum Gasteiger partial charge on any atom is -0.261 e. The second kappa shape index (κ2) is 5.46. The fourth-order valence-corrected chi connectivity index (χ4v) is 1.54. The molecular formula is C13H12ClN3. The maximum Gasteiger partial charge on any atom is 0.146 e. The van der Waals surface area contributed by atoms with Crippen molar-refractivity contribution >= 4 is 23.1 Å². The summed E-state index contributed by atoms with van der Waals surface area (Å²) < 4.78 is 0. The number of halogens is 1. The zero-order chi connectivity index (χ0) is 12.1. The lowest BCUT2D eigenvalue weighted by molar-refractivity contribution is 1.22. The molecule has 2 aromatic rings. The van der Waals surface area contributed by atoms with Crippen molar-refractivity contribution < 1.29 is 0 Å². The second-order valence-corrected chi connectivity index (χ2v) is 3.97. The Balaban J connectivity index is 2.12. The largest absolute Gasteiger partial charge is 0.261 e. The van der Waals surface area contributed by atoms with Crippen LogP contribution in [0, 0.1) is 0 Å². The standard InChI is InChI=1S/C13H12ClN3/c1-10(11-5-4-6-12(14)9-11)16-17-13-7-2-3-8-15-13/h2-9H,1H3,(H,15,17)/b16-10+. The lowest BCUT2D eigenvalue weighted by Gasteiger charge is -2.03. The van der Waals surface area contributed by atoms with Gasteiger partial charge in [-0.3, -0.25) is 5.43 Å². The normalized spacial score (nSPS) is 11.3. The molecule has 86 valence electrons. The molecule has 0 atom stereocenters. The third kappa shape index (κ3) is 3.29. The van der Waals surface area contributed by atoms with Gasteiger partial charge in [0.05, 0.1) is 5.71 Å². The molecule has 4 heteroatoms. The van der Waals surface area contributed by atoms with Gasteiger partial charge in [0.1, 0.15) is 5.82 Å². The molecule has 0 unspecified atom stereocenters. The Hall–Kier alpha value is -1.87. The van der Waals surface area contributed by atoms with Crippen molar-refractivity contribution in [1.29, 1.82) is 0 Å². The zero-order valence-corrected chi connectivity index (χ0v) is 10.1. The van der Waals surface area contributed by atoms with Crippen LogP contribution in [0.1, 0.15) is 12.5 Å². The predicted molar refractivity (Wildman–Crippen MR) is 71.5 cm³/mol. The van der Waals surface area contributed by atoms with Gasteiger partial charge in [0.2, 0.25) is 0 Å². The monoisotopic (exact) mass is 245 g/mol. The van der Waals surface area contributed by atoms with Crippen molar-refractivity contribution in [3.05, 3.63) is 59.2 Å². The summed E-state index contributed by atoms with van der Waals surface area (Å²) in [4.78, 5) is 4.12. The van der Waals surface area contributed by atoms with E-state index in [1.54, 1.807) is 6.20 Å². The third-order valence-electron chi connectivity index (χ3n) is 2.25. The Morgan fingerprint density at radius 2 is 2.12 bits per heavy atom. The van der Waals surface area contributed by atoms with Crippen molar-refractivity contribution in [2.24, 2.45) is 5.10 Å². The molecule has 1 N–H and O–H groups in total. The van der Waals surface area contributed by atoms with Crippen LogP contribution in [0.2, 0.25) is 5.02 Å². The Bertz CT molecular complexity index is 523. The molecule has 0 aliphatic carbocycles. The van der Waals surface area contributed by atoms with Crippen LogP contribution in [0.15, 0.2) is 53.8 Å². The summed E-state index contributed by atoms with van der Waals surface area (Å²) in [5.74, 6) is 0.717. The van der Waals surface area contributed by atoms with Crippen LogP contribution < -0.4 is 5.43 Å². The summed E-state index contributed by atoms with van der Waals surface area (Å²) in [6, 6.07) is 13.2. The van der Waals surface area contributed by atoms with E-state index < -0.39 is 0 Å². The van der Waals surface area contributed by atoms with Gasteiger partial charge < -0.3 is 0 Å². The van der Waals surface area contributed by atoms with Gasteiger partial charge in [0.25, 0.3) is 0 Å². The van der Waals surface area contributed by atoms with Gasteiger partial charge >= 0.3 is 0 Å². The van der Waals surface area contributed by atoms with Crippen molar-refractivity contribution in [1.82, 2.24) is 4.98 Å². The van der Waals surface area contributed by atoms with Crippen LogP contribution >= 0.6 is 11.6 Å². The number of anilines is 1. The number of hydrogen-bond donors (Lipinski definition) is 1. The van der Waals surface area contributed by atoms with Gasteiger partial charge in [-0.15, -0.1) is 0 Å². The summed E-state index contributed by atoms with van der Waals surface area (Å²) in [7, 11) is 0. The Kier molecular flexibility index (Phi) is 3.73. The number of nitrogens with zero attached hydrogens (tertiary/aromatic N) is 2. The first kappa shape index (κ1) is 11.6. The molecule has 1 heterocycles. The van der Waals surface area contributed by atoms with Crippen molar-refractivity contribution in [3.8, 4) is 0 Å². The molecule has 1 aromatic heterocycles. The van der Waals surface area contributed by atoms with Crippen molar-refractivity contribution in [2.45, 2.75) is 6.92 Å². The Labute approximate surface area is 105 Å². The van der Waals surface area contributed by atoms with Gasteiger partial charge in [0.15, 0.2) is 0 Å². The average Bonchev–Trinajstić information content (AvgIpc) is 2.37. The first-order valence-electron chi connectivity index (χ1n) is 5.23. The van der Waals surface area contributed by atoms with E-state index in [1.807, 2.05) is 49.4 Å². The van der Waals surface area contributed by atoms with E-state index in [2.05, 4.69) is 15.5 Å². The summed E-state index contributed by atoms with van der Waals surface area (Å²) >= 11 is 5.92. The molecule has 2 rings (SSSR count). The molecule has 17 heavy (non-hydrogen) atoms. The average molecular weight is 246 g/mol. The van der Waals surface area contributed by atoms with E-state index in [1.165, 1.54) is 0 Å². The molecule has 3 nitrogen and oxygen atoms in total. The molecule has 0 spiro atoms. The van der Waals surface area contributed by atoms with Gasteiger partial charge in [-0.2, -0.15) is 5.10 Å². The fraction of sp³-hybridized carbons (Fsp3) is 0.0769. The minimum atomic E-state index is 0.704. The molecule has 0 saturated carbocycles. The van der Waals surface area contributed by atoms with E-state index in [4.69, 9.17) is 11.6 Å². The molecule has 0 radical (unpaired) electrons. The maximum absolute atomic E-state index is 5.92. The van der Waals surface area contributed by atoms with Crippen LogP contribution in [-0.2, 0) is 0 Å². The van der Waals surface area contributed by atoms with Gasteiger partial charge in [-0.05, 0) is 36.8 Å². The Morgan fingerprint density at radius 3 is 2.82 bits per heavy atom. The number of aromatic nitrogens is 1. The maximum atomic E-state index is 5.92. The van der Waals surface area contributed by atoms with Crippen molar-refractivity contribution in [2.75, 3.05) is 5.43 Å². The molecule has 0 bridgehead atoms. The number of hydrogen-bond acceptors (Lipinski definition) is 3. The third-order valence-corrected chi connectivity index (χ3v) is 2.48. The summed E-state index contributed by atoms with van der Waals surface area (Å²) in [5.41, 5.74) is 4.74. The topological polar surface area (TPSA) is 37.3 Å². The first-order chi connectivity index (χ1) is 8.25.